The fourth-order valence-corrected chi connectivity index (χ4v) is 0. The monoisotopic (exact) mass is 180 g/mol. The van der Waals surface area contributed by atoms with E-state index in [2.05, 4.69) is 0 Å². The van der Waals surface area contributed by atoms with Gasteiger partial charge in [0, 0.05) is 0 Å². The summed E-state index contributed by atoms with van der Waals surface area (Å²) in [6.07, 6.45) is 0. The molecule has 0 saturated carbocycles. The largest absolute Gasteiger partial charge is 1.00 e. The fraction of sp³-hybridized carbons (Fsp3) is 0. The maximum atomic E-state index is 9.02. The zero-order valence-corrected chi connectivity index (χ0v) is 13.1. The molecule has 8 heteroatoms. The summed E-state index contributed by atoms with van der Waals surface area (Å²) in [6, 6.07) is 0. The molecule has 0 saturated heterocycles. The van der Waals surface area contributed by atoms with Gasteiger partial charge in [-0.1, -0.05) is 0 Å². The van der Waals surface area contributed by atoms with Crippen LogP contribution in [0.4, 0.5) is 0 Å². The fourth-order valence-electron chi connectivity index (χ4n) is 0. The smallest absolute Gasteiger partial charge is 0.833 e. The topological polar surface area (TPSA) is 63.2 Å². The van der Waals surface area contributed by atoms with Gasteiger partial charge < -0.3 is 23.3 Å². The van der Waals surface area contributed by atoms with Gasteiger partial charge in [0.15, 0.2) is 0 Å². The summed E-state index contributed by atoms with van der Waals surface area (Å²) in [5.74, 6) is 0. The van der Waals surface area contributed by atoms with Gasteiger partial charge in [0.2, 0.25) is 0 Å². The summed E-state index contributed by atoms with van der Waals surface area (Å²) < 4.78 is 9.02. The molecule has 0 aliphatic heterocycles. The predicted molar refractivity (Wildman–Crippen MR) is 15.9 cm³/mol. The van der Waals surface area contributed by atoms with Gasteiger partial charge in [0.1, 0.15) is 0 Å². The van der Waals surface area contributed by atoms with Crippen molar-refractivity contribution in [2.45, 2.75) is 0 Å². The molecule has 0 N–H and O–H groups in total. The Hall–Kier alpha value is 3.58. The Morgan fingerprint density at radius 1 is 1.12 bits per heavy atom. The van der Waals surface area contributed by atoms with Gasteiger partial charge in [-0.15, -0.1) is 0 Å². The average Bonchev–Trinajstić information content (AvgIpc) is 0.722. The molecule has 0 aliphatic rings. The summed E-state index contributed by atoms with van der Waals surface area (Å²) in [5, 5.41) is 0. The molecule has 0 spiro atoms. The van der Waals surface area contributed by atoms with Crippen molar-refractivity contribution in [3.63, 3.8) is 0 Å². The molecule has 0 aliphatic carbocycles. The van der Waals surface area contributed by atoms with E-state index in [0.717, 1.165) is 0 Å². The van der Waals surface area contributed by atoms with E-state index < -0.39 is 7.28 Å². The van der Waals surface area contributed by atoms with Crippen molar-refractivity contribution < 1.29 is 103 Å². The second kappa shape index (κ2) is 10.6. The van der Waals surface area contributed by atoms with Crippen LogP contribution in [0, 0.1) is 0 Å². The zero-order valence-electron chi connectivity index (χ0n) is 5.17. The molecule has 3 nitrogen and oxygen atoms in total. The van der Waals surface area contributed by atoms with Crippen molar-refractivity contribution in [3.8, 4) is 0 Å². The van der Waals surface area contributed by atoms with E-state index in [-0.39, 0.29) is 88.7 Å². The first-order valence-corrected chi connectivity index (χ1v) is 3.66. The Morgan fingerprint density at radius 2 is 1.12 bits per heavy atom. The van der Waals surface area contributed by atoms with Crippen LogP contribution in [0.25, 0.3) is 0 Å². The quantitative estimate of drug-likeness (QED) is 0.274. The molecular weight excluding hydrogens is 179 g/mol. The van der Waals surface area contributed by atoms with E-state index in [4.69, 9.17) is 14.4 Å². The Kier molecular flexibility index (Phi) is 29.8. The molecule has 0 heterocycles. The molecule has 0 aromatic carbocycles. The van der Waals surface area contributed by atoms with Gasteiger partial charge in [-0.25, -0.2) is 7.28 Å². The van der Waals surface area contributed by atoms with Crippen LogP contribution in [0.3, 0.4) is 0 Å². The van der Waals surface area contributed by atoms with Crippen molar-refractivity contribution in [1.82, 2.24) is 0 Å². The van der Waals surface area contributed by atoms with E-state index in [0.29, 0.717) is 0 Å². The van der Waals surface area contributed by atoms with Gasteiger partial charge in [-0.3, -0.25) is 0 Å². The average molecular weight is 180 g/mol. The Bertz CT molecular complexity index is 58.7. The summed E-state index contributed by atoms with van der Waals surface area (Å²) in [7, 11) is -2.47. The summed E-state index contributed by atoms with van der Waals surface area (Å²) in [4.78, 5) is 18.0. The minimum Gasteiger partial charge on any atom is -0.833 e. The van der Waals surface area contributed by atoms with Crippen LogP contribution in [-0.4, -0.2) is 0 Å². The minimum atomic E-state index is -4.33. The summed E-state index contributed by atoms with van der Waals surface area (Å²) in [5.41, 5.74) is 0. The Morgan fingerprint density at radius 3 is 1.12 bits per heavy atom. The SMILES string of the molecule is O=P([O-])([O-])[PH-].[Na+].[Na+].[Na+]. The third kappa shape index (κ3) is 55.0. The van der Waals surface area contributed by atoms with E-state index in [1.165, 1.54) is 0 Å². The predicted octanol–water partition coefficient (Wildman–Crippen LogP) is -10.0. The molecule has 0 aromatic rings. The van der Waals surface area contributed by atoms with Crippen LogP contribution in [0.2, 0.25) is 0 Å². The van der Waals surface area contributed by atoms with Crippen molar-refractivity contribution >= 4 is 16.2 Å². The van der Waals surface area contributed by atoms with Gasteiger partial charge in [-0.2, -0.15) is 0 Å². The van der Waals surface area contributed by atoms with Crippen molar-refractivity contribution in [2.75, 3.05) is 0 Å². The van der Waals surface area contributed by atoms with E-state index in [1.54, 1.807) is 0 Å². The second-order valence-electron chi connectivity index (χ2n) is 0.497. The van der Waals surface area contributed by atoms with Gasteiger partial charge in [0.05, 0.1) is 0 Å². The van der Waals surface area contributed by atoms with Crippen LogP contribution < -0.4 is 98.5 Å². The van der Waals surface area contributed by atoms with Gasteiger partial charge >= 0.3 is 88.7 Å². The maximum absolute atomic E-state index is 9.02. The Labute approximate surface area is 117 Å². The number of hydrogen-bond acceptors (Lipinski definition) is 3. The van der Waals surface area contributed by atoms with Gasteiger partial charge in [0.25, 0.3) is 0 Å². The van der Waals surface area contributed by atoms with Crippen LogP contribution in [0.5, 0.6) is 0 Å². The summed E-state index contributed by atoms with van der Waals surface area (Å²) in [6.45, 7) is 0. The molecule has 0 atom stereocenters. The standard InChI is InChI=1S/3Na.H3O3P2/c;;;1-5(2,3)4/h;;;4H,(H2,1,2,3)/q3*+1;-1/p-2. The van der Waals surface area contributed by atoms with Crippen LogP contribution in [0.15, 0.2) is 0 Å². The van der Waals surface area contributed by atoms with E-state index in [9.17, 15) is 0 Å². The van der Waals surface area contributed by atoms with Crippen molar-refractivity contribution in [3.05, 3.63) is 0 Å². The minimum absolute atomic E-state index is 0. The van der Waals surface area contributed by atoms with Crippen LogP contribution in [-0.2, 0) is 4.57 Å². The first kappa shape index (κ1) is 22.6. The van der Waals surface area contributed by atoms with Crippen LogP contribution >= 0.6 is 16.2 Å². The van der Waals surface area contributed by atoms with Crippen molar-refractivity contribution in [1.29, 1.82) is 0 Å². The zero-order chi connectivity index (χ0) is 4.50. The second-order valence-corrected chi connectivity index (χ2v) is 3.14. The molecule has 0 radical (unpaired) electrons. The molecule has 0 fully saturated rings. The third-order valence-corrected chi connectivity index (χ3v) is 0. The molecular formula is HNa3O3P2. The third-order valence-electron chi connectivity index (χ3n) is 0. The maximum Gasteiger partial charge on any atom is 1.00 e. The van der Waals surface area contributed by atoms with Gasteiger partial charge in [-0.05, 0) is 0 Å². The molecule has 0 aromatic heterocycles. The Balaban J connectivity index is -0.0000000267. The molecule has 8 heavy (non-hydrogen) atoms. The summed E-state index contributed by atoms with van der Waals surface area (Å²) >= 11 is 0. The number of hydrogen-bond donors (Lipinski definition) is 0. The van der Waals surface area contributed by atoms with Crippen molar-refractivity contribution in [2.24, 2.45) is 0 Å². The first-order valence-electron chi connectivity index (χ1n) is 0.771. The van der Waals surface area contributed by atoms with E-state index in [1.807, 2.05) is 8.93 Å². The molecule has 0 bridgehead atoms. The van der Waals surface area contributed by atoms with E-state index >= 15 is 0 Å². The molecule has 32 valence electrons. The molecule has 0 amide bonds. The van der Waals surface area contributed by atoms with Crippen LogP contribution in [0.1, 0.15) is 0 Å². The normalized spacial score (nSPS) is 7.38. The molecule has 0 rings (SSSR count). The first-order chi connectivity index (χ1) is 2.00. The molecule has 0 unspecified atom stereocenters. The number of rotatable bonds is 0.